The predicted octanol–water partition coefficient (Wildman–Crippen LogP) is 1.31. The zero-order valence-corrected chi connectivity index (χ0v) is 8.15. The Morgan fingerprint density at radius 1 is 1.60 bits per heavy atom. The maximum atomic E-state index is 10.7. The third-order valence-electron chi connectivity index (χ3n) is 2.21. The number of hydrogen-bond donors (Lipinski definition) is 1. The van der Waals surface area contributed by atoms with Gasteiger partial charge in [-0.1, -0.05) is 6.07 Å². The second-order valence-electron chi connectivity index (χ2n) is 3.11. The fourth-order valence-corrected chi connectivity index (χ4v) is 1.38. The van der Waals surface area contributed by atoms with Gasteiger partial charge in [-0.15, -0.1) is 0 Å². The van der Waals surface area contributed by atoms with Gasteiger partial charge in [0.2, 0.25) is 0 Å². The van der Waals surface area contributed by atoms with E-state index in [0.29, 0.717) is 17.4 Å². The Bertz CT molecular complexity index is 458. The summed E-state index contributed by atoms with van der Waals surface area (Å²) < 4.78 is 0. The van der Waals surface area contributed by atoms with E-state index in [1.165, 1.54) is 6.07 Å². The highest BCUT2D eigenvalue weighted by Crippen LogP contribution is 2.17. The van der Waals surface area contributed by atoms with Gasteiger partial charge >= 0.3 is 5.97 Å². The molecular weight excluding hydrogens is 194 g/mol. The molecule has 1 aromatic rings. The minimum atomic E-state index is -0.959. The van der Waals surface area contributed by atoms with Crippen LogP contribution in [-0.2, 0) is 11.2 Å². The van der Waals surface area contributed by atoms with Crippen LogP contribution in [0.5, 0.6) is 0 Å². The summed E-state index contributed by atoms with van der Waals surface area (Å²) in [5.74, 6) is -0.959. The van der Waals surface area contributed by atoms with Crippen molar-refractivity contribution < 1.29 is 14.7 Å². The highest BCUT2D eigenvalue weighted by atomic mass is 16.4. The van der Waals surface area contributed by atoms with Crippen molar-refractivity contribution in [1.82, 2.24) is 0 Å². The molecule has 0 fully saturated rings. The number of carbonyl (C=O) groups is 2. The SMILES string of the molecule is Cc1c(CC(=O)O)ccc(C#N)c1C=O. The van der Waals surface area contributed by atoms with E-state index in [-0.39, 0.29) is 17.5 Å². The Hall–Kier alpha value is -2.15. The van der Waals surface area contributed by atoms with Crippen LogP contribution in [0.4, 0.5) is 0 Å². The van der Waals surface area contributed by atoms with Gasteiger partial charge in [0, 0.05) is 5.56 Å². The van der Waals surface area contributed by atoms with Crippen LogP contribution in [0, 0.1) is 18.3 Å². The number of nitriles is 1. The lowest BCUT2D eigenvalue weighted by Gasteiger charge is -2.06. The number of rotatable bonds is 3. The molecule has 0 atom stereocenters. The summed E-state index contributed by atoms with van der Waals surface area (Å²) in [4.78, 5) is 21.3. The van der Waals surface area contributed by atoms with Crippen LogP contribution in [0.25, 0.3) is 0 Å². The third-order valence-corrected chi connectivity index (χ3v) is 2.21. The van der Waals surface area contributed by atoms with Crippen molar-refractivity contribution in [1.29, 1.82) is 5.26 Å². The lowest BCUT2D eigenvalue weighted by molar-refractivity contribution is -0.136. The van der Waals surface area contributed by atoms with Crippen LogP contribution in [0.2, 0.25) is 0 Å². The maximum absolute atomic E-state index is 10.7. The molecule has 0 aliphatic carbocycles. The number of carboxylic acid groups (broad SMARTS) is 1. The van der Waals surface area contributed by atoms with Gasteiger partial charge < -0.3 is 5.11 Å². The molecule has 0 amide bonds. The van der Waals surface area contributed by atoms with E-state index in [9.17, 15) is 9.59 Å². The fourth-order valence-electron chi connectivity index (χ4n) is 1.38. The van der Waals surface area contributed by atoms with Crippen LogP contribution in [0.1, 0.15) is 27.0 Å². The van der Waals surface area contributed by atoms with E-state index in [4.69, 9.17) is 10.4 Å². The minimum absolute atomic E-state index is 0.140. The topological polar surface area (TPSA) is 78.2 Å². The van der Waals surface area contributed by atoms with Crippen molar-refractivity contribution in [2.45, 2.75) is 13.3 Å². The maximum Gasteiger partial charge on any atom is 0.307 e. The van der Waals surface area contributed by atoms with E-state index in [1.54, 1.807) is 13.0 Å². The smallest absolute Gasteiger partial charge is 0.307 e. The Morgan fingerprint density at radius 3 is 2.73 bits per heavy atom. The van der Waals surface area contributed by atoms with Crippen molar-refractivity contribution in [2.24, 2.45) is 0 Å². The average Bonchev–Trinajstić information content (AvgIpc) is 2.20. The number of aliphatic carboxylic acids is 1. The Morgan fingerprint density at radius 2 is 2.27 bits per heavy atom. The van der Waals surface area contributed by atoms with Gasteiger partial charge in [-0.2, -0.15) is 5.26 Å². The molecule has 0 aliphatic rings. The fraction of sp³-hybridized carbons (Fsp3) is 0.182. The van der Waals surface area contributed by atoms with Crippen molar-refractivity contribution in [3.05, 3.63) is 34.4 Å². The molecule has 76 valence electrons. The number of hydrogen-bond acceptors (Lipinski definition) is 3. The van der Waals surface area contributed by atoms with Crippen molar-refractivity contribution in [3.8, 4) is 6.07 Å². The summed E-state index contributed by atoms with van der Waals surface area (Å²) in [7, 11) is 0. The van der Waals surface area contributed by atoms with Gasteiger partial charge in [0.05, 0.1) is 18.1 Å². The van der Waals surface area contributed by atoms with Crippen LogP contribution < -0.4 is 0 Å². The summed E-state index contributed by atoms with van der Waals surface area (Å²) in [6.45, 7) is 1.64. The molecular formula is C11H9NO3. The third kappa shape index (κ3) is 2.20. The second-order valence-corrected chi connectivity index (χ2v) is 3.11. The van der Waals surface area contributed by atoms with Crippen molar-refractivity contribution in [3.63, 3.8) is 0 Å². The number of carbonyl (C=O) groups excluding carboxylic acids is 1. The molecule has 4 nitrogen and oxygen atoms in total. The molecule has 0 spiro atoms. The van der Waals surface area contributed by atoms with E-state index < -0.39 is 5.97 Å². The summed E-state index contributed by atoms with van der Waals surface area (Å²) >= 11 is 0. The van der Waals surface area contributed by atoms with E-state index in [0.717, 1.165) is 0 Å². The normalized spacial score (nSPS) is 9.33. The zero-order valence-electron chi connectivity index (χ0n) is 8.15. The molecule has 0 unspecified atom stereocenters. The number of carboxylic acids is 1. The first kappa shape index (κ1) is 10.9. The molecule has 0 aromatic heterocycles. The summed E-state index contributed by atoms with van der Waals surface area (Å²) in [5.41, 5.74) is 1.67. The summed E-state index contributed by atoms with van der Waals surface area (Å²) in [5, 5.41) is 17.3. The molecule has 4 heteroatoms. The van der Waals surface area contributed by atoms with Gasteiger partial charge in [-0.25, -0.2) is 0 Å². The predicted molar refractivity (Wildman–Crippen MR) is 52.6 cm³/mol. The van der Waals surface area contributed by atoms with Gasteiger partial charge in [0.15, 0.2) is 6.29 Å². The van der Waals surface area contributed by atoms with Crippen LogP contribution in [-0.4, -0.2) is 17.4 Å². The van der Waals surface area contributed by atoms with Crippen LogP contribution in [0.15, 0.2) is 12.1 Å². The number of aldehydes is 1. The molecule has 0 saturated carbocycles. The van der Waals surface area contributed by atoms with Crippen LogP contribution in [0.3, 0.4) is 0 Å². The largest absolute Gasteiger partial charge is 0.481 e. The van der Waals surface area contributed by atoms with Gasteiger partial charge in [-0.3, -0.25) is 9.59 Å². The molecule has 0 saturated heterocycles. The molecule has 0 aliphatic heterocycles. The minimum Gasteiger partial charge on any atom is -0.481 e. The molecule has 0 radical (unpaired) electrons. The van der Waals surface area contributed by atoms with Crippen LogP contribution >= 0.6 is 0 Å². The molecule has 0 bridgehead atoms. The average molecular weight is 203 g/mol. The van der Waals surface area contributed by atoms with E-state index >= 15 is 0 Å². The first-order valence-electron chi connectivity index (χ1n) is 4.29. The lowest BCUT2D eigenvalue weighted by atomic mass is 9.96. The monoisotopic (exact) mass is 203 g/mol. The Balaban J connectivity index is 3.30. The van der Waals surface area contributed by atoms with Crippen molar-refractivity contribution >= 4 is 12.3 Å². The quantitative estimate of drug-likeness (QED) is 0.751. The second kappa shape index (κ2) is 4.38. The van der Waals surface area contributed by atoms with Gasteiger partial charge in [-0.05, 0) is 24.1 Å². The molecule has 1 rings (SSSR count). The van der Waals surface area contributed by atoms with Crippen molar-refractivity contribution in [2.75, 3.05) is 0 Å². The number of benzene rings is 1. The molecule has 15 heavy (non-hydrogen) atoms. The zero-order chi connectivity index (χ0) is 11.4. The van der Waals surface area contributed by atoms with Gasteiger partial charge in [0.25, 0.3) is 0 Å². The standard InChI is InChI=1S/C11H9NO3/c1-7-8(4-11(14)15)2-3-9(5-12)10(7)6-13/h2-3,6H,4H2,1H3,(H,14,15). The first-order chi connectivity index (χ1) is 7.10. The lowest BCUT2D eigenvalue weighted by Crippen LogP contribution is -2.05. The molecule has 0 heterocycles. The van der Waals surface area contributed by atoms with E-state index in [2.05, 4.69) is 0 Å². The Kier molecular flexibility index (Phi) is 3.19. The molecule has 1 aromatic carbocycles. The highest BCUT2D eigenvalue weighted by molar-refractivity contribution is 5.83. The Labute approximate surface area is 86.8 Å². The first-order valence-corrected chi connectivity index (χ1v) is 4.29. The van der Waals surface area contributed by atoms with Gasteiger partial charge in [0.1, 0.15) is 0 Å². The molecule has 1 N–H and O–H groups in total. The highest BCUT2D eigenvalue weighted by Gasteiger charge is 2.11. The summed E-state index contributed by atoms with van der Waals surface area (Å²) in [6, 6.07) is 4.92. The number of nitrogens with zero attached hydrogens (tertiary/aromatic N) is 1. The summed E-state index contributed by atoms with van der Waals surface area (Å²) in [6.07, 6.45) is 0.442. The van der Waals surface area contributed by atoms with E-state index in [1.807, 2.05) is 6.07 Å².